The second-order valence-electron chi connectivity index (χ2n) is 4.04. The highest BCUT2D eigenvalue weighted by Gasteiger charge is 1.96. The van der Waals surface area contributed by atoms with Crippen molar-refractivity contribution in [3.05, 3.63) is 48.5 Å². The van der Waals surface area contributed by atoms with E-state index in [0.717, 1.165) is 24.3 Å². The maximum absolute atomic E-state index is 5.69. The third kappa shape index (κ3) is 4.49. The summed E-state index contributed by atoms with van der Waals surface area (Å²) in [5.41, 5.74) is 6.28. The van der Waals surface area contributed by atoms with E-state index in [0.29, 0.717) is 13.2 Å². The van der Waals surface area contributed by atoms with Crippen LogP contribution in [0.1, 0.15) is 12.0 Å². The number of aromatic nitrogens is 2. The lowest BCUT2D eigenvalue weighted by molar-refractivity contribution is 0.301. The van der Waals surface area contributed by atoms with Crippen LogP contribution in [-0.2, 0) is 6.54 Å². The fraction of sp³-hybridized carbons (Fsp3) is 0.267. The maximum Gasteiger partial charge on any atom is 0.120 e. The van der Waals surface area contributed by atoms with Gasteiger partial charge in [-0.05, 0) is 24.6 Å². The van der Waals surface area contributed by atoms with Crippen LogP contribution in [0.5, 0.6) is 5.75 Å². The second-order valence-corrected chi connectivity index (χ2v) is 4.04. The van der Waals surface area contributed by atoms with Gasteiger partial charge >= 0.3 is 0 Å². The number of benzene rings is 1. The first kappa shape index (κ1) is 13.2. The summed E-state index contributed by atoms with van der Waals surface area (Å²) in [6.07, 6.45) is 6.47. The molecule has 0 aliphatic rings. The predicted molar refractivity (Wildman–Crippen MR) is 74.7 cm³/mol. The summed E-state index contributed by atoms with van der Waals surface area (Å²) in [6, 6.07) is 7.75. The van der Waals surface area contributed by atoms with E-state index in [-0.39, 0.29) is 0 Å². The Balaban J connectivity index is 1.79. The van der Waals surface area contributed by atoms with Gasteiger partial charge in [-0.1, -0.05) is 17.9 Å². The molecular formula is C15H17N3O. The lowest BCUT2D eigenvalue weighted by Gasteiger charge is -2.06. The largest absolute Gasteiger partial charge is 0.493 e. The monoisotopic (exact) mass is 255 g/mol. The van der Waals surface area contributed by atoms with Gasteiger partial charge < -0.3 is 15.0 Å². The summed E-state index contributed by atoms with van der Waals surface area (Å²) >= 11 is 0. The molecule has 4 heteroatoms. The fourth-order valence-electron chi connectivity index (χ4n) is 1.67. The van der Waals surface area contributed by atoms with E-state index >= 15 is 0 Å². The first-order chi connectivity index (χ1) is 9.38. The van der Waals surface area contributed by atoms with Gasteiger partial charge in [-0.2, -0.15) is 0 Å². The van der Waals surface area contributed by atoms with Crippen LogP contribution in [0.3, 0.4) is 0 Å². The molecule has 0 fully saturated rings. The van der Waals surface area contributed by atoms with E-state index in [9.17, 15) is 0 Å². The number of nitrogens with two attached hydrogens (primary N) is 1. The van der Waals surface area contributed by atoms with E-state index in [1.165, 1.54) is 0 Å². The molecule has 0 saturated heterocycles. The number of rotatable bonds is 5. The van der Waals surface area contributed by atoms with Crippen LogP contribution < -0.4 is 10.5 Å². The number of hydrogen-bond acceptors (Lipinski definition) is 3. The quantitative estimate of drug-likeness (QED) is 0.653. The van der Waals surface area contributed by atoms with Crippen molar-refractivity contribution < 1.29 is 4.74 Å². The van der Waals surface area contributed by atoms with Crippen molar-refractivity contribution in [3.8, 4) is 17.6 Å². The molecule has 0 spiro atoms. The maximum atomic E-state index is 5.69. The zero-order chi connectivity index (χ0) is 13.3. The Morgan fingerprint density at radius 2 is 2.32 bits per heavy atom. The Hall–Kier alpha value is -2.25. The molecule has 0 radical (unpaired) electrons. The van der Waals surface area contributed by atoms with Crippen LogP contribution in [0.4, 0.5) is 0 Å². The summed E-state index contributed by atoms with van der Waals surface area (Å²) < 4.78 is 7.73. The SMILES string of the molecule is NCC#Cc1cccc(OCCCn2ccnc2)c1. The molecule has 2 rings (SSSR count). The van der Waals surface area contributed by atoms with Crippen molar-refractivity contribution >= 4 is 0 Å². The van der Waals surface area contributed by atoms with Gasteiger partial charge in [-0.25, -0.2) is 4.98 Å². The van der Waals surface area contributed by atoms with Crippen LogP contribution >= 0.6 is 0 Å². The second kappa shape index (κ2) is 7.24. The molecule has 1 aromatic heterocycles. The molecule has 98 valence electrons. The highest BCUT2D eigenvalue weighted by atomic mass is 16.5. The highest BCUT2D eigenvalue weighted by Crippen LogP contribution is 2.12. The molecule has 0 unspecified atom stereocenters. The molecule has 0 atom stereocenters. The van der Waals surface area contributed by atoms with Crippen LogP contribution in [0.25, 0.3) is 0 Å². The Bertz CT molecular complexity index is 552. The predicted octanol–water partition coefficient (Wildman–Crippen LogP) is 1.66. The lowest BCUT2D eigenvalue weighted by atomic mass is 10.2. The van der Waals surface area contributed by atoms with Gasteiger partial charge in [-0.3, -0.25) is 0 Å². The summed E-state index contributed by atoms with van der Waals surface area (Å²) in [4.78, 5) is 4.00. The molecule has 0 aliphatic heterocycles. The minimum atomic E-state index is 0.371. The van der Waals surface area contributed by atoms with E-state index in [1.54, 1.807) is 6.20 Å². The zero-order valence-corrected chi connectivity index (χ0v) is 10.7. The summed E-state index contributed by atoms with van der Waals surface area (Å²) in [6.45, 7) is 1.95. The Labute approximate surface area is 113 Å². The van der Waals surface area contributed by atoms with Crippen LogP contribution in [-0.4, -0.2) is 22.7 Å². The molecule has 0 saturated carbocycles. The van der Waals surface area contributed by atoms with E-state index in [2.05, 4.69) is 16.8 Å². The van der Waals surface area contributed by atoms with Crippen molar-refractivity contribution in [1.29, 1.82) is 0 Å². The van der Waals surface area contributed by atoms with Crippen molar-refractivity contribution in [3.63, 3.8) is 0 Å². The number of hydrogen-bond donors (Lipinski definition) is 1. The van der Waals surface area contributed by atoms with Crippen molar-refractivity contribution in [2.24, 2.45) is 5.73 Å². The van der Waals surface area contributed by atoms with Gasteiger partial charge in [-0.15, -0.1) is 0 Å². The first-order valence-corrected chi connectivity index (χ1v) is 6.26. The minimum Gasteiger partial charge on any atom is -0.493 e. The summed E-state index contributed by atoms with van der Waals surface area (Å²) in [7, 11) is 0. The molecule has 1 heterocycles. The minimum absolute atomic E-state index is 0.371. The van der Waals surface area contributed by atoms with E-state index in [4.69, 9.17) is 10.5 Å². The van der Waals surface area contributed by atoms with Crippen LogP contribution in [0, 0.1) is 11.8 Å². The first-order valence-electron chi connectivity index (χ1n) is 6.26. The normalized spacial score (nSPS) is 9.74. The third-order valence-corrected chi connectivity index (χ3v) is 2.56. The molecule has 2 N–H and O–H groups in total. The third-order valence-electron chi connectivity index (χ3n) is 2.56. The Morgan fingerprint density at radius 3 is 3.11 bits per heavy atom. The highest BCUT2D eigenvalue weighted by molar-refractivity contribution is 5.39. The number of ether oxygens (including phenoxy) is 1. The molecule has 19 heavy (non-hydrogen) atoms. The number of imidazole rings is 1. The Morgan fingerprint density at radius 1 is 1.37 bits per heavy atom. The Kier molecular flexibility index (Phi) is 5.03. The standard InChI is InChI=1S/C15H17N3O/c16-7-2-5-14-4-1-6-15(12-14)19-11-3-9-18-10-8-17-13-18/h1,4,6,8,10,12-13H,3,7,9,11,16H2. The summed E-state index contributed by atoms with van der Waals surface area (Å²) in [5.74, 6) is 6.66. The van der Waals surface area contributed by atoms with Gasteiger partial charge in [0.25, 0.3) is 0 Å². The molecule has 2 aromatic rings. The van der Waals surface area contributed by atoms with Gasteiger partial charge in [0, 0.05) is 24.5 Å². The van der Waals surface area contributed by atoms with E-state index in [1.807, 2.05) is 41.4 Å². The van der Waals surface area contributed by atoms with Crippen LogP contribution in [0.15, 0.2) is 43.0 Å². The number of nitrogens with zero attached hydrogens (tertiary/aromatic N) is 2. The molecule has 0 bridgehead atoms. The average Bonchev–Trinajstić information content (AvgIpc) is 2.95. The molecule has 1 aromatic carbocycles. The molecular weight excluding hydrogens is 238 g/mol. The van der Waals surface area contributed by atoms with Gasteiger partial charge in [0.1, 0.15) is 5.75 Å². The smallest absolute Gasteiger partial charge is 0.120 e. The fourth-order valence-corrected chi connectivity index (χ4v) is 1.67. The molecule has 0 amide bonds. The molecule has 4 nitrogen and oxygen atoms in total. The zero-order valence-electron chi connectivity index (χ0n) is 10.7. The lowest BCUT2D eigenvalue weighted by Crippen LogP contribution is -2.03. The van der Waals surface area contributed by atoms with Crippen molar-refractivity contribution in [2.45, 2.75) is 13.0 Å². The number of aryl methyl sites for hydroxylation is 1. The van der Waals surface area contributed by atoms with Crippen molar-refractivity contribution in [1.82, 2.24) is 9.55 Å². The summed E-state index contributed by atoms with van der Waals surface area (Å²) in [5, 5.41) is 0. The average molecular weight is 255 g/mol. The molecule has 0 aliphatic carbocycles. The van der Waals surface area contributed by atoms with Gasteiger partial charge in [0.15, 0.2) is 0 Å². The van der Waals surface area contributed by atoms with Crippen molar-refractivity contribution in [2.75, 3.05) is 13.2 Å². The van der Waals surface area contributed by atoms with Gasteiger partial charge in [0.2, 0.25) is 0 Å². The van der Waals surface area contributed by atoms with Crippen LogP contribution in [0.2, 0.25) is 0 Å². The topological polar surface area (TPSA) is 53.1 Å². The van der Waals surface area contributed by atoms with Gasteiger partial charge in [0.05, 0.1) is 19.5 Å². The van der Waals surface area contributed by atoms with E-state index < -0.39 is 0 Å².